The molecule has 50 heavy (non-hydrogen) atoms. The van der Waals surface area contributed by atoms with Gasteiger partial charge in [0.25, 0.3) is 0 Å². The van der Waals surface area contributed by atoms with Gasteiger partial charge < -0.3 is 0 Å². The van der Waals surface area contributed by atoms with E-state index in [2.05, 4.69) is 94.1 Å². The average Bonchev–Trinajstić information content (AvgIpc) is 3.70. The lowest BCUT2D eigenvalue weighted by Crippen LogP contribution is -2.01. The Balaban J connectivity index is 1.17. The molecule has 0 fully saturated rings. The monoisotopic (exact) mass is 641 g/mol. The molecule has 0 amide bonds. The first-order chi connectivity index (χ1) is 24.8. The summed E-state index contributed by atoms with van der Waals surface area (Å²) < 4.78 is 4.45. The molecule has 10 rings (SSSR count). The maximum atomic E-state index is 5.43. The van der Waals surface area contributed by atoms with E-state index in [1.54, 1.807) is 0 Å². The maximum Gasteiger partial charge on any atom is 0.164 e. The third kappa shape index (κ3) is 4.48. The van der Waals surface area contributed by atoms with Crippen LogP contribution in [0, 0.1) is 0 Å². The van der Waals surface area contributed by atoms with Crippen LogP contribution in [0.1, 0.15) is 0 Å². The molecule has 7 nitrogen and oxygen atoms in total. The van der Waals surface area contributed by atoms with Gasteiger partial charge in [-0.2, -0.15) is 0 Å². The molecule has 0 bridgehead atoms. The first-order valence-corrected chi connectivity index (χ1v) is 16.5. The van der Waals surface area contributed by atoms with E-state index < -0.39 is 0 Å². The molecular formula is C43H27N7. The fraction of sp³-hybridized carbons (Fsp3) is 0. The van der Waals surface area contributed by atoms with Crippen LogP contribution in [-0.2, 0) is 0 Å². The SMILES string of the molecule is c1ccc(-c2nc(-c3ccccc3)nc(-c3ccc(-n4c5ccccc5c5cc6c7ncccc7n(-c7ccccc7)c6nc54)cc3)n2)cc1. The third-order valence-electron chi connectivity index (χ3n) is 9.22. The third-order valence-corrected chi connectivity index (χ3v) is 9.22. The zero-order valence-electron chi connectivity index (χ0n) is 26.7. The number of benzene rings is 5. The van der Waals surface area contributed by atoms with Crippen LogP contribution in [-0.4, -0.2) is 34.1 Å². The number of pyridine rings is 2. The summed E-state index contributed by atoms with van der Waals surface area (Å²) in [7, 11) is 0. The number of fused-ring (bicyclic) bond motifs is 6. The number of hydrogen-bond donors (Lipinski definition) is 0. The highest BCUT2D eigenvalue weighted by Gasteiger charge is 2.20. The Kier molecular flexibility index (Phi) is 6.35. The van der Waals surface area contributed by atoms with Gasteiger partial charge in [-0.05, 0) is 60.7 Å². The van der Waals surface area contributed by atoms with Gasteiger partial charge in [0.1, 0.15) is 11.3 Å². The number of rotatable bonds is 5. The number of para-hydroxylation sites is 2. The Morgan fingerprint density at radius 3 is 1.52 bits per heavy atom. The van der Waals surface area contributed by atoms with Crippen molar-refractivity contribution in [2.75, 3.05) is 0 Å². The van der Waals surface area contributed by atoms with Crippen LogP contribution in [0.5, 0.6) is 0 Å². The second-order valence-electron chi connectivity index (χ2n) is 12.2. The molecule has 0 aliphatic heterocycles. The van der Waals surface area contributed by atoms with E-state index in [1.807, 2.05) is 79.0 Å². The smallest absolute Gasteiger partial charge is 0.164 e. The molecule has 5 aromatic carbocycles. The highest BCUT2D eigenvalue weighted by atomic mass is 15.1. The van der Waals surface area contributed by atoms with Crippen molar-refractivity contribution in [1.29, 1.82) is 0 Å². The van der Waals surface area contributed by atoms with E-state index >= 15 is 0 Å². The lowest BCUT2D eigenvalue weighted by molar-refractivity contribution is 1.07. The van der Waals surface area contributed by atoms with E-state index in [9.17, 15) is 0 Å². The maximum absolute atomic E-state index is 5.43. The van der Waals surface area contributed by atoms with Gasteiger partial charge in [0.15, 0.2) is 17.5 Å². The van der Waals surface area contributed by atoms with Crippen molar-refractivity contribution in [2.45, 2.75) is 0 Å². The molecule has 0 atom stereocenters. The zero-order valence-corrected chi connectivity index (χ0v) is 26.7. The number of aromatic nitrogens is 7. The average molecular weight is 642 g/mol. The van der Waals surface area contributed by atoms with Crippen LogP contribution in [0.4, 0.5) is 0 Å². The van der Waals surface area contributed by atoms with Crippen molar-refractivity contribution in [2.24, 2.45) is 0 Å². The first kappa shape index (κ1) is 28.1. The Labute approximate surface area is 286 Å². The summed E-state index contributed by atoms with van der Waals surface area (Å²) in [6.45, 7) is 0. The highest BCUT2D eigenvalue weighted by Crippen LogP contribution is 2.37. The van der Waals surface area contributed by atoms with Crippen molar-refractivity contribution < 1.29 is 0 Å². The lowest BCUT2D eigenvalue weighted by atomic mass is 10.1. The lowest BCUT2D eigenvalue weighted by Gasteiger charge is -2.11. The Morgan fingerprint density at radius 2 is 0.860 bits per heavy atom. The fourth-order valence-corrected chi connectivity index (χ4v) is 6.91. The molecule has 0 saturated carbocycles. The fourth-order valence-electron chi connectivity index (χ4n) is 6.91. The van der Waals surface area contributed by atoms with E-state index in [0.717, 1.165) is 72.1 Å². The molecular weight excluding hydrogens is 615 g/mol. The molecule has 0 radical (unpaired) electrons. The Bertz CT molecular complexity index is 2780. The summed E-state index contributed by atoms with van der Waals surface area (Å²) in [5.41, 5.74) is 9.60. The molecule has 234 valence electrons. The molecule has 0 aliphatic rings. The summed E-state index contributed by atoms with van der Waals surface area (Å²) in [4.78, 5) is 25.0. The van der Waals surface area contributed by atoms with Gasteiger partial charge in [-0.15, -0.1) is 0 Å². The molecule has 0 aliphatic carbocycles. The van der Waals surface area contributed by atoms with Crippen molar-refractivity contribution in [1.82, 2.24) is 34.1 Å². The molecule has 0 N–H and O–H groups in total. The number of nitrogens with zero attached hydrogens (tertiary/aromatic N) is 7. The minimum absolute atomic E-state index is 0.617. The van der Waals surface area contributed by atoms with Crippen molar-refractivity contribution in [3.8, 4) is 45.5 Å². The standard InChI is InChI=1S/C43H27N7/c1-4-13-28(14-5-1)39-45-40(29-15-6-2-7-16-29)47-41(46-39)30-22-24-32(25-23-30)49-36-20-11-10-19-33(36)34-27-35-38-37(21-12-26-44-38)50(43(35)48-42(34)49)31-17-8-3-9-18-31/h1-27H. The van der Waals surface area contributed by atoms with E-state index in [4.69, 9.17) is 24.9 Å². The first-order valence-electron chi connectivity index (χ1n) is 16.5. The molecule has 10 aromatic rings. The van der Waals surface area contributed by atoms with Gasteiger partial charge in [-0.1, -0.05) is 97.1 Å². The normalized spacial score (nSPS) is 11.6. The largest absolute Gasteiger partial charge is 0.294 e. The van der Waals surface area contributed by atoms with Crippen molar-refractivity contribution >= 4 is 44.0 Å². The van der Waals surface area contributed by atoms with E-state index in [0.29, 0.717) is 17.5 Å². The van der Waals surface area contributed by atoms with Crippen LogP contribution in [0.3, 0.4) is 0 Å². The van der Waals surface area contributed by atoms with E-state index in [1.165, 1.54) is 0 Å². The molecule has 0 saturated heterocycles. The van der Waals surface area contributed by atoms with Gasteiger partial charge in [0, 0.05) is 50.4 Å². The summed E-state index contributed by atoms with van der Waals surface area (Å²) >= 11 is 0. The van der Waals surface area contributed by atoms with Crippen molar-refractivity contribution in [3.05, 3.63) is 164 Å². The minimum Gasteiger partial charge on any atom is -0.294 e. The summed E-state index contributed by atoms with van der Waals surface area (Å²) in [6.07, 6.45) is 1.85. The Morgan fingerprint density at radius 1 is 0.360 bits per heavy atom. The quantitative estimate of drug-likeness (QED) is 0.187. The van der Waals surface area contributed by atoms with Gasteiger partial charge in [-0.25, -0.2) is 19.9 Å². The molecule has 7 heteroatoms. The van der Waals surface area contributed by atoms with Gasteiger partial charge in [-0.3, -0.25) is 14.1 Å². The second kappa shape index (κ2) is 11.3. The van der Waals surface area contributed by atoms with Crippen molar-refractivity contribution in [3.63, 3.8) is 0 Å². The highest BCUT2D eigenvalue weighted by molar-refractivity contribution is 6.15. The molecule has 5 aromatic heterocycles. The van der Waals surface area contributed by atoms with Gasteiger partial charge in [0.05, 0.1) is 16.6 Å². The van der Waals surface area contributed by atoms with Crippen LogP contribution in [0.15, 0.2) is 164 Å². The summed E-state index contributed by atoms with van der Waals surface area (Å²) in [5.74, 6) is 1.89. The second-order valence-corrected chi connectivity index (χ2v) is 12.2. The minimum atomic E-state index is 0.617. The topological polar surface area (TPSA) is 74.3 Å². The summed E-state index contributed by atoms with van der Waals surface area (Å²) in [6, 6.07) is 53.7. The number of hydrogen-bond acceptors (Lipinski definition) is 5. The molecule has 0 unspecified atom stereocenters. The molecule has 5 heterocycles. The van der Waals surface area contributed by atoms with Crippen LogP contribution in [0.25, 0.3) is 89.5 Å². The van der Waals surface area contributed by atoms with Crippen LogP contribution in [0.2, 0.25) is 0 Å². The van der Waals surface area contributed by atoms with Crippen LogP contribution >= 0.6 is 0 Å². The predicted molar refractivity (Wildman–Crippen MR) is 200 cm³/mol. The predicted octanol–water partition coefficient (Wildman–Crippen LogP) is 9.86. The zero-order chi connectivity index (χ0) is 33.0. The van der Waals surface area contributed by atoms with Gasteiger partial charge >= 0.3 is 0 Å². The summed E-state index contributed by atoms with van der Waals surface area (Å²) in [5, 5.41) is 3.23. The molecule has 0 spiro atoms. The van der Waals surface area contributed by atoms with E-state index in [-0.39, 0.29) is 0 Å². The van der Waals surface area contributed by atoms with Crippen LogP contribution < -0.4 is 0 Å². The Hall–Kier alpha value is -6.99. The van der Waals surface area contributed by atoms with Gasteiger partial charge in [0.2, 0.25) is 0 Å².